The van der Waals surface area contributed by atoms with E-state index in [1.165, 1.54) is 5.69 Å². The first-order chi connectivity index (χ1) is 15.9. The highest BCUT2D eigenvalue weighted by atomic mass is 16.2. The third-order valence-corrected chi connectivity index (χ3v) is 7.64. The van der Waals surface area contributed by atoms with Crippen LogP contribution < -0.4 is 11.1 Å². The number of amides is 4. The number of nitrogens with two attached hydrogens (primary N) is 1. The molecule has 0 bridgehead atoms. The molecule has 1 aromatic carbocycles. The van der Waals surface area contributed by atoms with E-state index < -0.39 is 23.8 Å². The SMILES string of the molecule is NC1CC2(C1)c1cccn1CCN2Cc1cccc2c1C(=O)N(C1CCC(=O)NC1=O)C2=O. The number of nitrogens with zero attached hydrogens (tertiary/aromatic N) is 3. The number of benzene rings is 1. The molecule has 3 N–H and O–H groups in total. The molecule has 4 amide bonds. The molecule has 170 valence electrons. The molecule has 2 fully saturated rings. The molecule has 1 aliphatic carbocycles. The number of hydrogen-bond donors (Lipinski definition) is 2. The van der Waals surface area contributed by atoms with Crippen LogP contribution in [-0.2, 0) is 28.2 Å². The van der Waals surface area contributed by atoms with Crippen molar-refractivity contribution in [2.24, 2.45) is 5.73 Å². The van der Waals surface area contributed by atoms with Crippen LogP contribution >= 0.6 is 0 Å². The smallest absolute Gasteiger partial charge is 0.262 e. The maximum atomic E-state index is 13.4. The van der Waals surface area contributed by atoms with Crippen LogP contribution in [0.2, 0.25) is 0 Å². The normalized spacial score (nSPS) is 29.2. The molecule has 0 radical (unpaired) electrons. The van der Waals surface area contributed by atoms with E-state index in [9.17, 15) is 19.2 Å². The fourth-order valence-corrected chi connectivity index (χ4v) is 6.06. The molecule has 1 unspecified atom stereocenters. The summed E-state index contributed by atoms with van der Waals surface area (Å²) in [5, 5.41) is 2.25. The molecule has 3 aliphatic heterocycles. The minimum atomic E-state index is -0.961. The van der Waals surface area contributed by atoms with Gasteiger partial charge >= 0.3 is 0 Å². The van der Waals surface area contributed by atoms with Crippen LogP contribution in [0.4, 0.5) is 0 Å². The number of imide groups is 2. The monoisotopic (exact) mass is 447 g/mol. The Hall–Kier alpha value is -3.30. The van der Waals surface area contributed by atoms with E-state index in [0.717, 1.165) is 36.4 Å². The van der Waals surface area contributed by atoms with Crippen LogP contribution in [0.25, 0.3) is 0 Å². The van der Waals surface area contributed by atoms with Crippen LogP contribution in [0.5, 0.6) is 0 Å². The Bertz CT molecular complexity index is 1210. The van der Waals surface area contributed by atoms with E-state index in [-0.39, 0.29) is 30.3 Å². The Labute approximate surface area is 190 Å². The maximum Gasteiger partial charge on any atom is 0.262 e. The summed E-state index contributed by atoms with van der Waals surface area (Å²) in [6, 6.07) is 8.70. The lowest BCUT2D eigenvalue weighted by Crippen LogP contribution is -2.62. The molecule has 4 aliphatic rings. The summed E-state index contributed by atoms with van der Waals surface area (Å²) in [5.41, 5.74) is 8.76. The highest BCUT2D eigenvalue weighted by molar-refractivity contribution is 6.24. The molecule has 1 saturated heterocycles. The van der Waals surface area contributed by atoms with E-state index >= 15 is 0 Å². The van der Waals surface area contributed by atoms with Crippen molar-refractivity contribution in [3.63, 3.8) is 0 Å². The van der Waals surface area contributed by atoms with Crippen molar-refractivity contribution in [3.8, 4) is 0 Å². The molecule has 1 aromatic heterocycles. The first-order valence-corrected chi connectivity index (χ1v) is 11.4. The lowest BCUT2D eigenvalue weighted by Gasteiger charge is -2.56. The average Bonchev–Trinajstić information content (AvgIpc) is 3.34. The van der Waals surface area contributed by atoms with Crippen molar-refractivity contribution in [1.29, 1.82) is 0 Å². The Kier molecular flexibility index (Phi) is 4.37. The van der Waals surface area contributed by atoms with Crippen LogP contribution in [0.15, 0.2) is 36.5 Å². The molecule has 2 aromatic rings. The van der Waals surface area contributed by atoms with Crippen molar-refractivity contribution in [3.05, 3.63) is 58.9 Å². The molecular formula is C24H25N5O4. The second kappa shape index (κ2) is 7.10. The van der Waals surface area contributed by atoms with Crippen LogP contribution in [0.3, 0.4) is 0 Å². The molecule has 1 spiro atoms. The highest BCUT2D eigenvalue weighted by Crippen LogP contribution is 2.48. The molecule has 9 nitrogen and oxygen atoms in total. The third-order valence-electron chi connectivity index (χ3n) is 7.64. The van der Waals surface area contributed by atoms with Gasteiger partial charge in [0.15, 0.2) is 0 Å². The minimum absolute atomic E-state index is 0.104. The third kappa shape index (κ3) is 2.85. The highest BCUT2D eigenvalue weighted by Gasteiger charge is 2.52. The van der Waals surface area contributed by atoms with E-state index in [1.807, 2.05) is 6.07 Å². The Morgan fingerprint density at radius 2 is 1.85 bits per heavy atom. The van der Waals surface area contributed by atoms with E-state index in [1.54, 1.807) is 12.1 Å². The summed E-state index contributed by atoms with van der Waals surface area (Å²) in [6.45, 7) is 2.18. The van der Waals surface area contributed by atoms with Crippen molar-refractivity contribution >= 4 is 23.6 Å². The molecule has 33 heavy (non-hydrogen) atoms. The van der Waals surface area contributed by atoms with Gasteiger partial charge in [-0.15, -0.1) is 0 Å². The summed E-state index contributed by atoms with van der Waals surface area (Å²) < 4.78 is 2.27. The summed E-state index contributed by atoms with van der Waals surface area (Å²) in [7, 11) is 0. The molecule has 1 atom stereocenters. The fraction of sp³-hybridized carbons (Fsp3) is 0.417. The van der Waals surface area contributed by atoms with Gasteiger partial charge in [0.25, 0.3) is 11.8 Å². The minimum Gasteiger partial charge on any atom is -0.348 e. The van der Waals surface area contributed by atoms with Crippen molar-refractivity contribution < 1.29 is 19.2 Å². The van der Waals surface area contributed by atoms with Gasteiger partial charge in [-0.3, -0.25) is 34.3 Å². The molecule has 4 heterocycles. The number of aromatic nitrogens is 1. The van der Waals surface area contributed by atoms with Gasteiger partial charge in [0.05, 0.1) is 16.7 Å². The van der Waals surface area contributed by atoms with Gasteiger partial charge in [-0.05, 0) is 43.0 Å². The van der Waals surface area contributed by atoms with Gasteiger partial charge in [-0.25, -0.2) is 0 Å². The van der Waals surface area contributed by atoms with E-state index in [4.69, 9.17) is 5.73 Å². The van der Waals surface area contributed by atoms with Gasteiger partial charge in [0.2, 0.25) is 11.8 Å². The number of fused-ring (bicyclic) bond motifs is 3. The average molecular weight is 447 g/mol. The van der Waals surface area contributed by atoms with Crippen LogP contribution in [0, 0.1) is 0 Å². The number of piperidine rings is 1. The van der Waals surface area contributed by atoms with Gasteiger partial charge in [0, 0.05) is 44.0 Å². The van der Waals surface area contributed by atoms with Crippen molar-refractivity contribution in [1.82, 2.24) is 19.7 Å². The predicted molar refractivity (Wildman–Crippen MR) is 117 cm³/mol. The zero-order chi connectivity index (χ0) is 22.9. The van der Waals surface area contributed by atoms with Crippen LogP contribution in [-0.4, -0.2) is 56.6 Å². The number of carbonyl (C=O) groups is 4. The second-order valence-electron chi connectivity index (χ2n) is 9.50. The summed E-state index contributed by atoms with van der Waals surface area (Å²) in [5.74, 6) is -1.91. The van der Waals surface area contributed by atoms with Crippen molar-refractivity contribution in [2.45, 2.75) is 56.4 Å². The summed E-state index contributed by atoms with van der Waals surface area (Å²) >= 11 is 0. The number of hydrogen-bond acceptors (Lipinski definition) is 6. The predicted octanol–water partition coefficient (Wildman–Crippen LogP) is 0.721. The molecule has 9 heteroatoms. The number of rotatable bonds is 3. The molecule has 1 saturated carbocycles. The van der Waals surface area contributed by atoms with E-state index in [2.05, 4.69) is 33.1 Å². The number of carbonyl (C=O) groups excluding carboxylic acids is 4. The lowest BCUT2D eigenvalue weighted by molar-refractivity contribution is -0.136. The zero-order valence-electron chi connectivity index (χ0n) is 18.1. The van der Waals surface area contributed by atoms with Crippen LogP contribution in [0.1, 0.15) is 57.7 Å². The molecular weight excluding hydrogens is 422 g/mol. The number of nitrogens with one attached hydrogen (secondary N) is 1. The maximum absolute atomic E-state index is 13.4. The van der Waals surface area contributed by atoms with Gasteiger partial charge in [0.1, 0.15) is 6.04 Å². The van der Waals surface area contributed by atoms with E-state index in [0.29, 0.717) is 17.7 Å². The summed E-state index contributed by atoms with van der Waals surface area (Å²) in [4.78, 5) is 53.9. The standard InChI is InChI=1S/C24H25N5O4/c25-15-11-24(12-15)18-5-2-8-27(18)9-10-28(24)13-14-3-1-4-16-20(14)23(33)29(22(16)32)17-6-7-19(30)26-21(17)31/h1-5,8,15,17H,6-7,9-13,25H2,(H,26,30,31). The first-order valence-electron chi connectivity index (χ1n) is 11.4. The summed E-state index contributed by atoms with van der Waals surface area (Å²) in [6.07, 6.45) is 4.05. The quantitative estimate of drug-likeness (QED) is 0.670. The van der Waals surface area contributed by atoms with Gasteiger partial charge in [-0.2, -0.15) is 0 Å². The Morgan fingerprint density at radius 3 is 2.61 bits per heavy atom. The Balaban J connectivity index is 1.33. The van der Waals surface area contributed by atoms with Crippen molar-refractivity contribution in [2.75, 3.05) is 6.54 Å². The van der Waals surface area contributed by atoms with Gasteiger partial charge in [-0.1, -0.05) is 12.1 Å². The first kappa shape index (κ1) is 20.3. The Morgan fingerprint density at radius 1 is 1.03 bits per heavy atom. The zero-order valence-corrected chi connectivity index (χ0v) is 18.1. The molecule has 6 rings (SSSR count). The lowest BCUT2D eigenvalue weighted by atomic mass is 9.68. The van der Waals surface area contributed by atoms with Gasteiger partial charge < -0.3 is 10.3 Å². The second-order valence-corrected chi connectivity index (χ2v) is 9.50. The fourth-order valence-electron chi connectivity index (χ4n) is 6.06. The topological polar surface area (TPSA) is 118 Å². The largest absolute Gasteiger partial charge is 0.348 e.